The highest BCUT2D eigenvalue weighted by Crippen LogP contribution is 2.22. The van der Waals surface area contributed by atoms with E-state index < -0.39 is 10.6 Å². The van der Waals surface area contributed by atoms with Gasteiger partial charge < -0.3 is 0 Å². The summed E-state index contributed by atoms with van der Waals surface area (Å²) in [5, 5.41) is 13.6. The second-order valence-corrected chi connectivity index (χ2v) is 2.14. The van der Waals surface area contributed by atoms with Crippen LogP contribution in [-0.2, 0) is 0 Å². The summed E-state index contributed by atoms with van der Waals surface area (Å²) in [6.07, 6.45) is 7.02. The van der Waals surface area contributed by atoms with Crippen LogP contribution in [0, 0.1) is 16.5 Å². The van der Waals surface area contributed by atoms with E-state index in [4.69, 9.17) is 5.53 Å². The van der Waals surface area contributed by atoms with Crippen LogP contribution >= 0.6 is 0 Å². The summed E-state index contributed by atoms with van der Waals surface area (Å²) in [7, 11) is 0. The van der Waals surface area contributed by atoms with Crippen LogP contribution in [0.1, 0.15) is 0 Å². The lowest BCUT2D eigenvalue weighted by Gasteiger charge is -2.14. The summed E-state index contributed by atoms with van der Waals surface area (Å²) < 4.78 is 0. The van der Waals surface area contributed by atoms with E-state index in [9.17, 15) is 10.1 Å². The molecule has 1 aliphatic rings. The fraction of sp³-hybridized carbons (Fsp3) is 0.167. The Kier molecular flexibility index (Phi) is 2.11. The molecule has 1 unspecified atom stereocenters. The fourth-order valence-electron chi connectivity index (χ4n) is 0.811. The maximum absolute atomic E-state index is 10.5. The largest absolute Gasteiger partial charge is 0.326 e. The lowest BCUT2D eigenvalue weighted by Crippen LogP contribution is -2.34. The molecule has 0 saturated carbocycles. The molecule has 6 nitrogen and oxygen atoms in total. The third-order valence-electron chi connectivity index (χ3n) is 1.40. The molecule has 0 aromatic heterocycles. The van der Waals surface area contributed by atoms with Crippen molar-refractivity contribution in [1.82, 2.24) is 0 Å². The highest BCUT2D eigenvalue weighted by atomic mass is 16.6. The van der Waals surface area contributed by atoms with Crippen LogP contribution in [-0.4, -0.2) is 10.6 Å². The number of hydrogen-bond acceptors (Lipinski definition) is 3. The average molecular weight is 165 g/mol. The van der Waals surface area contributed by atoms with Gasteiger partial charge in [0, 0.05) is 9.84 Å². The van der Waals surface area contributed by atoms with Crippen LogP contribution in [0.2, 0.25) is 0 Å². The van der Waals surface area contributed by atoms with E-state index in [1.54, 1.807) is 6.08 Å². The summed E-state index contributed by atoms with van der Waals surface area (Å²) in [6.45, 7) is 0. The third-order valence-corrected chi connectivity index (χ3v) is 1.40. The molecule has 0 saturated heterocycles. The van der Waals surface area contributed by atoms with Crippen LogP contribution in [0.4, 0.5) is 0 Å². The normalized spacial score (nSPS) is 26.3. The summed E-state index contributed by atoms with van der Waals surface area (Å²) in [6, 6.07) is 0. The number of nitrogens with zero attached hydrogens (tertiary/aromatic N) is 4. The molecular weight excluding hydrogens is 160 g/mol. The third kappa shape index (κ3) is 1.28. The minimum atomic E-state index is -1.73. The van der Waals surface area contributed by atoms with Gasteiger partial charge in [-0.3, -0.25) is 10.1 Å². The monoisotopic (exact) mass is 165 g/mol. The van der Waals surface area contributed by atoms with Gasteiger partial charge in [0.2, 0.25) is 0 Å². The molecule has 1 rings (SSSR count). The Morgan fingerprint density at radius 2 is 2.25 bits per heavy atom. The molecular formula is C6H5N4O2. The first-order valence-electron chi connectivity index (χ1n) is 3.12. The minimum Gasteiger partial charge on any atom is -0.263 e. The predicted octanol–water partition coefficient (Wildman–Crippen LogP) is 1.60. The van der Waals surface area contributed by atoms with Crippen molar-refractivity contribution in [1.29, 1.82) is 0 Å². The molecule has 1 atom stereocenters. The Morgan fingerprint density at radius 1 is 1.50 bits per heavy atom. The van der Waals surface area contributed by atoms with Gasteiger partial charge in [0.05, 0.1) is 6.42 Å². The van der Waals surface area contributed by atoms with Crippen LogP contribution in [0.15, 0.2) is 29.4 Å². The van der Waals surface area contributed by atoms with Gasteiger partial charge in [-0.05, 0) is 16.7 Å². The Labute approximate surface area is 68.0 Å². The maximum atomic E-state index is 10.5. The smallest absolute Gasteiger partial charge is 0.263 e. The van der Waals surface area contributed by atoms with Gasteiger partial charge in [-0.2, -0.15) is 0 Å². The van der Waals surface area contributed by atoms with E-state index in [0.717, 1.165) is 0 Å². The van der Waals surface area contributed by atoms with Gasteiger partial charge in [0.15, 0.2) is 0 Å². The number of hydrogen-bond donors (Lipinski definition) is 0. The molecule has 12 heavy (non-hydrogen) atoms. The topological polar surface area (TPSA) is 91.9 Å². The van der Waals surface area contributed by atoms with Crippen LogP contribution in [0.3, 0.4) is 0 Å². The van der Waals surface area contributed by atoms with Crippen molar-refractivity contribution in [2.24, 2.45) is 5.11 Å². The van der Waals surface area contributed by atoms with E-state index in [1.807, 2.05) is 0 Å². The van der Waals surface area contributed by atoms with Crippen LogP contribution in [0.25, 0.3) is 10.4 Å². The molecule has 0 aromatic rings. The van der Waals surface area contributed by atoms with Crippen molar-refractivity contribution >= 4 is 0 Å². The van der Waals surface area contributed by atoms with Crippen molar-refractivity contribution < 1.29 is 4.92 Å². The van der Waals surface area contributed by atoms with Crippen molar-refractivity contribution in [2.45, 2.75) is 5.66 Å². The molecule has 61 valence electrons. The van der Waals surface area contributed by atoms with Gasteiger partial charge in [-0.25, -0.2) is 0 Å². The Morgan fingerprint density at radius 3 is 2.67 bits per heavy atom. The zero-order chi connectivity index (χ0) is 9.03. The van der Waals surface area contributed by atoms with E-state index in [1.165, 1.54) is 24.6 Å². The highest BCUT2D eigenvalue weighted by Gasteiger charge is 2.39. The molecule has 0 aromatic carbocycles. The first kappa shape index (κ1) is 8.29. The number of allylic oxidation sites excluding steroid dienone is 2. The molecule has 0 bridgehead atoms. The van der Waals surface area contributed by atoms with Gasteiger partial charge in [0.25, 0.3) is 0 Å². The Hall–Kier alpha value is -1.81. The molecule has 0 fully saturated rings. The van der Waals surface area contributed by atoms with Gasteiger partial charge in [-0.1, -0.05) is 18.2 Å². The van der Waals surface area contributed by atoms with Crippen molar-refractivity contribution in [3.63, 3.8) is 0 Å². The molecule has 0 aliphatic heterocycles. The zero-order valence-corrected chi connectivity index (χ0v) is 5.99. The molecule has 0 N–H and O–H groups in total. The van der Waals surface area contributed by atoms with E-state index in [2.05, 4.69) is 10.0 Å². The molecule has 0 spiro atoms. The fourth-order valence-corrected chi connectivity index (χ4v) is 0.811. The maximum Gasteiger partial charge on any atom is 0.326 e. The predicted molar refractivity (Wildman–Crippen MR) is 41.5 cm³/mol. The second-order valence-electron chi connectivity index (χ2n) is 2.14. The molecule has 1 aliphatic carbocycles. The highest BCUT2D eigenvalue weighted by molar-refractivity contribution is 5.26. The second kappa shape index (κ2) is 3.06. The summed E-state index contributed by atoms with van der Waals surface area (Å²) in [4.78, 5) is 12.3. The minimum absolute atomic E-state index is 0.646. The van der Waals surface area contributed by atoms with E-state index >= 15 is 0 Å². The average Bonchev–Trinajstić information content (AvgIpc) is 2.06. The van der Waals surface area contributed by atoms with Crippen LogP contribution < -0.4 is 0 Å². The lowest BCUT2D eigenvalue weighted by molar-refractivity contribution is -0.542. The molecule has 6 heteroatoms. The van der Waals surface area contributed by atoms with Gasteiger partial charge in [0.1, 0.15) is 0 Å². The lowest BCUT2D eigenvalue weighted by atomic mass is 10.0. The standard InChI is InChI=1S/C6H5N4O2/c7-9-8-6(10(11)12)4-2-1-3-5-6/h1-5H. The van der Waals surface area contributed by atoms with E-state index in [-0.39, 0.29) is 0 Å². The van der Waals surface area contributed by atoms with Crippen molar-refractivity contribution in [2.75, 3.05) is 0 Å². The van der Waals surface area contributed by atoms with E-state index in [0.29, 0.717) is 0 Å². The van der Waals surface area contributed by atoms with Crippen LogP contribution in [0.5, 0.6) is 0 Å². The molecule has 0 amide bonds. The summed E-state index contributed by atoms with van der Waals surface area (Å²) >= 11 is 0. The van der Waals surface area contributed by atoms with Crippen molar-refractivity contribution in [3.05, 3.63) is 51.3 Å². The van der Waals surface area contributed by atoms with Crippen molar-refractivity contribution in [3.8, 4) is 0 Å². The summed E-state index contributed by atoms with van der Waals surface area (Å²) in [5.41, 5.74) is 6.38. The van der Waals surface area contributed by atoms with Gasteiger partial charge >= 0.3 is 5.66 Å². The summed E-state index contributed by atoms with van der Waals surface area (Å²) in [5.74, 6) is 0. The number of nitro groups is 1. The first-order chi connectivity index (χ1) is 5.71. The Balaban J connectivity index is 3.03. The zero-order valence-electron chi connectivity index (χ0n) is 5.99. The number of rotatable bonds is 2. The number of azide groups is 1. The quantitative estimate of drug-likeness (QED) is 0.204. The first-order valence-corrected chi connectivity index (χ1v) is 3.12. The Bertz CT molecular complexity index is 299. The molecule has 1 radical (unpaired) electrons. The SMILES string of the molecule is [N-]=[N+]=NC1([N+](=O)[O-])[CH]C=CC=C1. The van der Waals surface area contributed by atoms with Gasteiger partial charge in [-0.15, -0.1) is 0 Å². The molecule has 0 heterocycles.